The average molecular weight is 132 g/mol. The molecule has 2 heterocycles. The zero-order chi connectivity index (χ0) is 6.43. The minimum Gasteiger partial charge on any atom is -0.387 e. The molecule has 2 aliphatic rings. The van der Waals surface area contributed by atoms with Gasteiger partial charge < -0.3 is 19.7 Å². The molecule has 4 atom stereocenters. The van der Waals surface area contributed by atoms with Gasteiger partial charge in [0.2, 0.25) is 0 Å². The molecule has 2 aliphatic heterocycles. The Kier molecular flexibility index (Phi) is 1.04. The van der Waals surface area contributed by atoms with Gasteiger partial charge >= 0.3 is 0 Å². The predicted octanol–water partition coefficient (Wildman–Crippen LogP) is -1.54. The molecule has 52 valence electrons. The second kappa shape index (κ2) is 1.67. The van der Waals surface area contributed by atoms with Gasteiger partial charge in [-0.2, -0.15) is 0 Å². The maximum atomic E-state index is 9.03. The molecule has 4 nitrogen and oxygen atoms in total. The minimum absolute atomic E-state index is 0.301. The smallest absolute Gasteiger partial charge is 0.186 e. The third kappa shape index (κ3) is 0.616. The van der Waals surface area contributed by atoms with Crippen LogP contribution in [0.25, 0.3) is 0 Å². The van der Waals surface area contributed by atoms with Crippen LogP contribution in [0.3, 0.4) is 0 Å². The molecule has 0 aromatic carbocycles. The molecule has 0 amide bonds. The van der Waals surface area contributed by atoms with Crippen LogP contribution in [0.1, 0.15) is 0 Å². The summed E-state index contributed by atoms with van der Waals surface area (Å²) < 4.78 is 9.88. The number of ether oxygens (including phenoxy) is 2. The fourth-order valence-corrected chi connectivity index (χ4v) is 1.18. The highest BCUT2D eigenvalue weighted by Gasteiger charge is 2.48. The molecule has 0 aromatic heterocycles. The molecule has 2 rings (SSSR count). The van der Waals surface area contributed by atoms with Crippen molar-refractivity contribution in [1.82, 2.24) is 0 Å². The number of hydrogen-bond acceptors (Lipinski definition) is 4. The van der Waals surface area contributed by atoms with Crippen molar-refractivity contribution in [2.24, 2.45) is 0 Å². The molecule has 0 aliphatic carbocycles. The van der Waals surface area contributed by atoms with E-state index < -0.39 is 18.5 Å². The van der Waals surface area contributed by atoms with Crippen LogP contribution in [0.5, 0.6) is 0 Å². The lowest BCUT2D eigenvalue weighted by molar-refractivity contribution is -0.111. The Morgan fingerprint density at radius 1 is 1.22 bits per heavy atom. The van der Waals surface area contributed by atoms with Crippen LogP contribution in [0.2, 0.25) is 0 Å². The van der Waals surface area contributed by atoms with Gasteiger partial charge in [-0.25, -0.2) is 0 Å². The molecule has 9 heavy (non-hydrogen) atoms. The van der Waals surface area contributed by atoms with E-state index >= 15 is 0 Å². The molecule has 0 aromatic rings. The van der Waals surface area contributed by atoms with Gasteiger partial charge in [0, 0.05) is 0 Å². The van der Waals surface area contributed by atoms with Crippen molar-refractivity contribution < 1.29 is 19.7 Å². The van der Waals surface area contributed by atoms with Crippen LogP contribution >= 0.6 is 0 Å². The molecular weight excluding hydrogens is 124 g/mol. The van der Waals surface area contributed by atoms with Crippen LogP contribution in [0.15, 0.2) is 0 Å². The molecule has 2 saturated heterocycles. The van der Waals surface area contributed by atoms with E-state index in [1.54, 1.807) is 0 Å². The molecule has 0 unspecified atom stereocenters. The topological polar surface area (TPSA) is 58.9 Å². The molecule has 2 fully saturated rings. The quantitative estimate of drug-likeness (QED) is 0.419. The third-order valence-corrected chi connectivity index (χ3v) is 1.74. The summed E-state index contributed by atoms with van der Waals surface area (Å²) in [5.74, 6) is 0. The molecule has 0 radical (unpaired) electrons. The van der Waals surface area contributed by atoms with Crippen molar-refractivity contribution >= 4 is 0 Å². The van der Waals surface area contributed by atoms with Crippen molar-refractivity contribution in [1.29, 1.82) is 0 Å². The number of aliphatic hydroxyl groups is 2. The van der Waals surface area contributed by atoms with Gasteiger partial charge in [-0.3, -0.25) is 0 Å². The Balaban J connectivity index is 2.15. The van der Waals surface area contributed by atoms with Gasteiger partial charge in [0.15, 0.2) is 6.29 Å². The maximum absolute atomic E-state index is 9.03. The van der Waals surface area contributed by atoms with Gasteiger partial charge in [0.1, 0.15) is 18.3 Å². The molecule has 4 heteroatoms. The van der Waals surface area contributed by atoms with Gasteiger partial charge in [0.05, 0.1) is 6.61 Å². The summed E-state index contributed by atoms with van der Waals surface area (Å²) >= 11 is 0. The van der Waals surface area contributed by atoms with Crippen LogP contribution < -0.4 is 0 Å². The highest BCUT2D eigenvalue weighted by molar-refractivity contribution is 4.90. The van der Waals surface area contributed by atoms with Crippen LogP contribution in [-0.4, -0.2) is 41.4 Å². The predicted molar refractivity (Wildman–Crippen MR) is 26.6 cm³/mol. The molecule has 2 N–H and O–H groups in total. The van der Waals surface area contributed by atoms with E-state index in [4.69, 9.17) is 19.7 Å². The Labute approximate surface area is 52.0 Å². The van der Waals surface area contributed by atoms with Gasteiger partial charge in [-0.05, 0) is 0 Å². The number of fused-ring (bicyclic) bond motifs is 2. The van der Waals surface area contributed by atoms with Crippen molar-refractivity contribution in [2.75, 3.05) is 6.61 Å². The normalized spacial score (nSPS) is 56.7. The fraction of sp³-hybridized carbons (Fsp3) is 1.00. The second-order valence-corrected chi connectivity index (χ2v) is 2.36. The highest BCUT2D eigenvalue weighted by Crippen LogP contribution is 2.28. The van der Waals surface area contributed by atoms with Crippen molar-refractivity contribution in [2.45, 2.75) is 24.6 Å². The highest BCUT2D eigenvalue weighted by atomic mass is 16.7. The Hall–Kier alpha value is -0.160. The van der Waals surface area contributed by atoms with Gasteiger partial charge in [-0.15, -0.1) is 0 Å². The Morgan fingerprint density at radius 3 is 2.33 bits per heavy atom. The largest absolute Gasteiger partial charge is 0.387 e. The van der Waals surface area contributed by atoms with Crippen molar-refractivity contribution in [3.63, 3.8) is 0 Å². The van der Waals surface area contributed by atoms with E-state index in [1.807, 2.05) is 0 Å². The number of rotatable bonds is 0. The molecular formula is C5H8O4. The number of hydrogen-bond donors (Lipinski definition) is 2. The Bertz CT molecular complexity index is 108. The van der Waals surface area contributed by atoms with E-state index in [0.29, 0.717) is 6.61 Å². The van der Waals surface area contributed by atoms with Crippen molar-refractivity contribution in [3.05, 3.63) is 0 Å². The molecule has 0 spiro atoms. The first-order valence-corrected chi connectivity index (χ1v) is 2.92. The van der Waals surface area contributed by atoms with Gasteiger partial charge in [0.25, 0.3) is 0 Å². The zero-order valence-corrected chi connectivity index (χ0v) is 4.73. The Morgan fingerprint density at radius 2 is 2.00 bits per heavy atom. The van der Waals surface area contributed by atoms with Gasteiger partial charge in [-0.1, -0.05) is 0 Å². The first-order valence-electron chi connectivity index (χ1n) is 2.92. The van der Waals surface area contributed by atoms with Crippen LogP contribution in [0, 0.1) is 0 Å². The SMILES string of the molecule is O[C@@H]1[C@H]2OC[C@@H](O2)[C@@H]1O. The lowest BCUT2D eigenvalue weighted by Gasteiger charge is -2.17. The van der Waals surface area contributed by atoms with E-state index in [0.717, 1.165) is 0 Å². The summed E-state index contributed by atoms with van der Waals surface area (Å²) in [4.78, 5) is 0. The standard InChI is InChI=1S/C5H8O4/c6-3-2-1-8-5(9-2)4(3)7/h2-7H,1H2/t2-,3+,4+,5+/m1/s1. The first kappa shape index (κ1) is 5.61. The monoisotopic (exact) mass is 132 g/mol. The van der Waals surface area contributed by atoms with E-state index in [1.165, 1.54) is 0 Å². The first-order chi connectivity index (χ1) is 4.29. The van der Waals surface area contributed by atoms with Crippen LogP contribution in [0.4, 0.5) is 0 Å². The number of aliphatic hydroxyl groups excluding tert-OH is 2. The fourth-order valence-electron chi connectivity index (χ4n) is 1.18. The second-order valence-electron chi connectivity index (χ2n) is 2.36. The average Bonchev–Trinajstić information content (AvgIpc) is 2.37. The van der Waals surface area contributed by atoms with Crippen molar-refractivity contribution in [3.8, 4) is 0 Å². The molecule has 2 bridgehead atoms. The summed E-state index contributed by atoms with van der Waals surface area (Å²) in [5.41, 5.74) is 0. The lowest BCUT2D eigenvalue weighted by atomic mass is 10.1. The summed E-state index contributed by atoms with van der Waals surface area (Å²) in [6.07, 6.45) is -2.47. The zero-order valence-electron chi connectivity index (χ0n) is 4.73. The molecule has 0 saturated carbocycles. The van der Waals surface area contributed by atoms with E-state index in [9.17, 15) is 0 Å². The minimum atomic E-state index is -0.844. The summed E-state index contributed by atoms with van der Waals surface area (Å²) in [7, 11) is 0. The summed E-state index contributed by atoms with van der Waals surface area (Å²) in [5, 5.41) is 18.0. The third-order valence-electron chi connectivity index (χ3n) is 1.74. The lowest BCUT2D eigenvalue weighted by Crippen LogP contribution is -2.39. The van der Waals surface area contributed by atoms with E-state index in [2.05, 4.69) is 0 Å². The van der Waals surface area contributed by atoms with E-state index in [-0.39, 0.29) is 6.10 Å². The maximum Gasteiger partial charge on any atom is 0.186 e. The summed E-state index contributed by atoms with van der Waals surface area (Å²) in [6, 6.07) is 0. The summed E-state index contributed by atoms with van der Waals surface area (Å²) in [6.45, 7) is 0.406. The van der Waals surface area contributed by atoms with Crippen LogP contribution in [-0.2, 0) is 9.47 Å².